The second kappa shape index (κ2) is 7.06. The summed E-state index contributed by atoms with van der Waals surface area (Å²) in [6, 6.07) is 10.3. The maximum Gasteiger partial charge on any atom is 0.256 e. The number of aliphatic hydroxyl groups excluding tert-OH is 1. The third-order valence-electron chi connectivity index (χ3n) is 4.06. The summed E-state index contributed by atoms with van der Waals surface area (Å²) >= 11 is 2.05. The Hall–Kier alpha value is -1.67. The molecule has 4 nitrogen and oxygen atoms in total. The number of benzene rings is 2. The highest BCUT2D eigenvalue weighted by Crippen LogP contribution is 2.27. The summed E-state index contributed by atoms with van der Waals surface area (Å²) in [4.78, 5) is 14.4. The first-order valence-corrected chi connectivity index (χ1v) is 8.82. The van der Waals surface area contributed by atoms with Gasteiger partial charge in [-0.1, -0.05) is 6.07 Å². The van der Waals surface area contributed by atoms with Gasteiger partial charge in [-0.15, -0.1) is 0 Å². The lowest BCUT2D eigenvalue weighted by Gasteiger charge is -2.19. The average Bonchev–Trinajstić information content (AvgIpc) is 2.96. The van der Waals surface area contributed by atoms with Crippen molar-refractivity contribution < 1.29 is 14.3 Å². The van der Waals surface area contributed by atoms with Crippen LogP contribution in [0.4, 0.5) is 15.8 Å². The number of likely N-dealkylation sites (tertiary alicyclic amines) is 1. The monoisotopic (exact) mass is 440 g/mol. The first kappa shape index (κ1) is 17.2. The van der Waals surface area contributed by atoms with E-state index >= 15 is 0 Å². The zero-order valence-corrected chi connectivity index (χ0v) is 15.4. The molecule has 2 aromatic carbocycles. The van der Waals surface area contributed by atoms with Gasteiger partial charge in [-0.3, -0.25) is 4.79 Å². The molecule has 1 saturated heterocycles. The lowest BCUT2D eigenvalue weighted by molar-refractivity contribution is 0.0766. The summed E-state index contributed by atoms with van der Waals surface area (Å²) < 4.78 is 14.9. The molecular formula is C18H18FIN2O2. The number of nitrogens with one attached hydrogen (secondary N) is 1. The normalized spacial score (nSPS) is 17.2. The lowest BCUT2D eigenvalue weighted by Crippen LogP contribution is -2.30. The first-order chi connectivity index (χ1) is 11.4. The van der Waals surface area contributed by atoms with Crippen molar-refractivity contribution in [3.05, 3.63) is 56.9 Å². The molecule has 0 aromatic heterocycles. The number of hydrogen-bond donors (Lipinski definition) is 2. The molecule has 1 heterocycles. The van der Waals surface area contributed by atoms with Gasteiger partial charge >= 0.3 is 0 Å². The molecule has 6 heteroatoms. The smallest absolute Gasteiger partial charge is 0.256 e. The van der Waals surface area contributed by atoms with Crippen LogP contribution in [0.3, 0.4) is 0 Å². The Labute approximate surface area is 153 Å². The number of carbonyl (C=O) groups excluding carboxylic acids is 1. The van der Waals surface area contributed by atoms with Crippen molar-refractivity contribution in [3.8, 4) is 0 Å². The van der Waals surface area contributed by atoms with E-state index in [1.54, 1.807) is 23.1 Å². The van der Waals surface area contributed by atoms with E-state index in [4.69, 9.17) is 0 Å². The van der Waals surface area contributed by atoms with Crippen molar-refractivity contribution in [1.82, 2.24) is 4.90 Å². The van der Waals surface area contributed by atoms with Gasteiger partial charge in [-0.2, -0.15) is 0 Å². The SMILES string of the molecule is Cc1ccc(C(=O)N2CC[C@H](O)C2)c(Nc2ccc(I)cc2F)c1. The van der Waals surface area contributed by atoms with Crippen LogP contribution in [0.1, 0.15) is 22.3 Å². The number of aryl methyl sites for hydroxylation is 1. The van der Waals surface area contributed by atoms with Crippen LogP contribution in [0.15, 0.2) is 36.4 Å². The Morgan fingerprint density at radius 2 is 2.08 bits per heavy atom. The van der Waals surface area contributed by atoms with Gasteiger partial charge in [0.1, 0.15) is 5.82 Å². The second-order valence-electron chi connectivity index (χ2n) is 5.99. The molecule has 1 atom stereocenters. The maximum atomic E-state index is 14.1. The molecule has 3 rings (SSSR count). The van der Waals surface area contributed by atoms with Crippen molar-refractivity contribution in [2.45, 2.75) is 19.4 Å². The van der Waals surface area contributed by atoms with E-state index in [0.29, 0.717) is 36.4 Å². The Morgan fingerprint density at radius 1 is 1.29 bits per heavy atom. The number of anilines is 2. The number of β-amino-alcohol motifs (C(OH)–C–C–N with tert-alkyl or cyclic N) is 1. The van der Waals surface area contributed by atoms with Crippen molar-refractivity contribution in [2.24, 2.45) is 0 Å². The van der Waals surface area contributed by atoms with Crippen LogP contribution in [0.2, 0.25) is 0 Å². The van der Waals surface area contributed by atoms with Gasteiger partial charge in [-0.05, 0) is 71.8 Å². The largest absolute Gasteiger partial charge is 0.391 e. The van der Waals surface area contributed by atoms with E-state index in [0.717, 1.165) is 9.13 Å². The quantitative estimate of drug-likeness (QED) is 0.717. The van der Waals surface area contributed by atoms with E-state index in [9.17, 15) is 14.3 Å². The van der Waals surface area contributed by atoms with Crippen molar-refractivity contribution in [1.29, 1.82) is 0 Å². The number of rotatable bonds is 3. The van der Waals surface area contributed by atoms with Gasteiger partial charge in [0.2, 0.25) is 0 Å². The highest BCUT2D eigenvalue weighted by Gasteiger charge is 2.27. The number of carbonyl (C=O) groups is 1. The Balaban J connectivity index is 1.92. The van der Waals surface area contributed by atoms with Crippen LogP contribution in [0.5, 0.6) is 0 Å². The third kappa shape index (κ3) is 3.70. The van der Waals surface area contributed by atoms with Gasteiger partial charge < -0.3 is 15.3 Å². The molecule has 0 aliphatic carbocycles. The van der Waals surface area contributed by atoms with Gasteiger partial charge in [0.15, 0.2) is 0 Å². The highest BCUT2D eigenvalue weighted by molar-refractivity contribution is 14.1. The number of aliphatic hydroxyl groups is 1. The topological polar surface area (TPSA) is 52.6 Å². The summed E-state index contributed by atoms with van der Waals surface area (Å²) in [5.74, 6) is -0.515. The standard InChI is InChI=1S/C18H18FIN2O2/c1-11-2-4-14(18(24)22-7-6-13(23)10-22)17(8-11)21-16-5-3-12(20)9-15(16)19/h2-5,8-9,13,21,23H,6-7,10H2,1H3/t13-/m0/s1. The molecule has 1 aliphatic heterocycles. The van der Waals surface area contributed by atoms with E-state index in [2.05, 4.69) is 27.9 Å². The predicted molar refractivity (Wildman–Crippen MR) is 100 cm³/mol. The zero-order valence-electron chi connectivity index (χ0n) is 13.2. The molecule has 2 N–H and O–H groups in total. The van der Waals surface area contributed by atoms with Crippen molar-refractivity contribution in [2.75, 3.05) is 18.4 Å². The van der Waals surface area contributed by atoms with Crippen LogP contribution >= 0.6 is 22.6 Å². The molecule has 0 spiro atoms. The Morgan fingerprint density at radius 3 is 2.75 bits per heavy atom. The summed E-state index contributed by atoms with van der Waals surface area (Å²) in [6.45, 7) is 2.79. The van der Waals surface area contributed by atoms with Crippen molar-refractivity contribution >= 4 is 39.9 Å². The molecule has 1 fully saturated rings. The second-order valence-corrected chi connectivity index (χ2v) is 7.24. The van der Waals surface area contributed by atoms with Crippen LogP contribution in [0, 0.1) is 16.3 Å². The van der Waals surface area contributed by atoms with Crippen LogP contribution in [-0.4, -0.2) is 35.1 Å². The van der Waals surface area contributed by atoms with Crippen LogP contribution in [0.25, 0.3) is 0 Å². The predicted octanol–water partition coefficient (Wildman–Crippen LogP) is 3.69. The zero-order chi connectivity index (χ0) is 17.3. The molecule has 2 aromatic rings. The van der Waals surface area contributed by atoms with E-state index in [1.165, 1.54) is 6.07 Å². The van der Waals surface area contributed by atoms with Gasteiger partial charge in [0.05, 0.1) is 23.0 Å². The lowest BCUT2D eigenvalue weighted by atomic mass is 10.1. The Bertz CT molecular complexity index is 782. The third-order valence-corrected chi connectivity index (χ3v) is 4.73. The van der Waals surface area contributed by atoms with Gasteiger partial charge in [0, 0.05) is 16.7 Å². The fourth-order valence-electron chi connectivity index (χ4n) is 2.78. The minimum Gasteiger partial charge on any atom is -0.391 e. The highest BCUT2D eigenvalue weighted by atomic mass is 127. The number of halogens is 2. The molecular weight excluding hydrogens is 422 g/mol. The van der Waals surface area contributed by atoms with E-state index in [1.807, 2.05) is 19.1 Å². The van der Waals surface area contributed by atoms with Crippen LogP contribution < -0.4 is 5.32 Å². The molecule has 126 valence electrons. The summed E-state index contributed by atoms with van der Waals surface area (Å²) in [5, 5.41) is 12.7. The minimum absolute atomic E-state index is 0.153. The average molecular weight is 440 g/mol. The molecule has 0 saturated carbocycles. The molecule has 0 bridgehead atoms. The van der Waals surface area contributed by atoms with Gasteiger partial charge in [0.25, 0.3) is 5.91 Å². The fourth-order valence-corrected chi connectivity index (χ4v) is 3.23. The Kier molecular flexibility index (Phi) is 5.05. The minimum atomic E-state index is -0.468. The molecule has 0 unspecified atom stereocenters. The van der Waals surface area contributed by atoms with E-state index < -0.39 is 6.10 Å². The maximum absolute atomic E-state index is 14.1. The number of hydrogen-bond acceptors (Lipinski definition) is 3. The summed E-state index contributed by atoms with van der Waals surface area (Å²) in [6.07, 6.45) is 0.121. The molecule has 0 radical (unpaired) electrons. The molecule has 24 heavy (non-hydrogen) atoms. The first-order valence-electron chi connectivity index (χ1n) is 7.74. The van der Waals surface area contributed by atoms with Crippen molar-refractivity contribution in [3.63, 3.8) is 0 Å². The molecule has 1 amide bonds. The fraction of sp³-hybridized carbons (Fsp3) is 0.278. The summed E-state index contributed by atoms with van der Waals surface area (Å²) in [7, 11) is 0. The summed E-state index contributed by atoms with van der Waals surface area (Å²) in [5.41, 5.74) is 2.35. The van der Waals surface area contributed by atoms with E-state index in [-0.39, 0.29) is 11.7 Å². The van der Waals surface area contributed by atoms with Gasteiger partial charge in [-0.25, -0.2) is 4.39 Å². The molecule has 1 aliphatic rings. The van der Waals surface area contributed by atoms with Crippen LogP contribution in [-0.2, 0) is 0 Å². The number of nitrogens with zero attached hydrogens (tertiary/aromatic N) is 1. The number of amides is 1.